The van der Waals surface area contributed by atoms with Gasteiger partial charge in [-0.3, -0.25) is 4.90 Å². The Balaban J connectivity index is 1.57. The largest absolute Gasteiger partial charge is 0.360 e. The Morgan fingerprint density at radius 3 is 2.60 bits per heavy atom. The summed E-state index contributed by atoms with van der Waals surface area (Å²) in [6.45, 7) is 1.87. The molecular formula is C14H22N2O3S. The Hall–Kier alpha value is -0.880. The van der Waals surface area contributed by atoms with Gasteiger partial charge in [-0.05, 0) is 12.8 Å². The fourth-order valence-electron chi connectivity index (χ4n) is 3.12. The topological polar surface area (TPSA) is 63.4 Å². The molecule has 5 nitrogen and oxygen atoms in total. The van der Waals surface area contributed by atoms with E-state index in [1.54, 1.807) is 0 Å². The molecule has 3 rings (SSSR count). The molecule has 0 N–H and O–H groups in total. The van der Waals surface area contributed by atoms with E-state index < -0.39 is 9.84 Å². The Morgan fingerprint density at radius 1 is 1.20 bits per heavy atom. The summed E-state index contributed by atoms with van der Waals surface area (Å²) in [5, 5.41) is 4.21. The highest BCUT2D eigenvalue weighted by molar-refractivity contribution is 7.91. The van der Waals surface area contributed by atoms with Crippen LogP contribution in [0.5, 0.6) is 0 Å². The molecule has 0 spiro atoms. The lowest BCUT2D eigenvalue weighted by atomic mass is 9.87. The minimum Gasteiger partial charge on any atom is -0.360 e. The van der Waals surface area contributed by atoms with E-state index in [0.29, 0.717) is 25.6 Å². The molecule has 1 aromatic rings. The van der Waals surface area contributed by atoms with Crippen LogP contribution >= 0.6 is 0 Å². The molecule has 1 aromatic heterocycles. The molecule has 0 atom stereocenters. The highest BCUT2D eigenvalue weighted by Gasteiger charge is 2.24. The number of rotatable bonds is 3. The molecule has 0 bridgehead atoms. The van der Waals surface area contributed by atoms with Gasteiger partial charge in [-0.25, -0.2) is 8.42 Å². The van der Waals surface area contributed by atoms with Crippen molar-refractivity contribution in [3.8, 4) is 0 Å². The van der Waals surface area contributed by atoms with Gasteiger partial charge < -0.3 is 4.52 Å². The van der Waals surface area contributed by atoms with Gasteiger partial charge in [-0.15, -0.1) is 0 Å². The third-order valence-corrected chi connectivity index (χ3v) is 6.03. The van der Waals surface area contributed by atoms with E-state index in [9.17, 15) is 8.42 Å². The lowest BCUT2D eigenvalue weighted by molar-refractivity contribution is 0.245. The van der Waals surface area contributed by atoms with Crippen LogP contribution in [0.1, 0.15) is 49.5 Å². The number of sulfone groups is 1. The number of hydrogen-bond acceptors (Lipinski definition) is 5. The van der Waals surface area contributed by atoms with Crippen molar-refractivity contribution in [2.75, 3.05) is 24.6 Å². The smallest absolute Gasteiger partial charge is 0.152 e. The van der Waals surface area contributed by atoms with Crippen molar-refractivity contribution >= 4 is 9.84 Å². The third kappa shape index (κ3) is 3.41. The van der Waals surface area contributed by atoms with E-state index in [1.807, 2.05) is 0 Å². The first-order valence-corrected chi connectivity index (χ1v) is 9.33. The van der Waals surface area contributed by atoms with Crippen LogP contribution < -0.4 is 0 Å². The molecule has 0 amide bonds. The van der Waals surface area contributed by atoms with Crippen molar-refractivity contribution in [2.45, 2.75) is 44.6 Å². The molecule has 2 heterocycles. The van der Waals surface area contributed by atoms with Crippen LogP contribution in [0.3, 0.4) is 0 Å². The van der Waals surface area contributed by atoms with Crippen molar-refractivity contribution in [3.05, 3.63) is 17.5 Å². The van der Waals surface area contributed by atoms with Crippen molar-refractivity contribution in [3.63, 3.8) is 0 Å². The molecule has 20 heavy (non-hydrogen) atoms. The van der Waals surface area contributed by atoms with Crippen molar-refractivity contribution < 1.29 is 12.9 Å². The van der Waals surface area contributed by atoms with E-state index in [0.717, 1.165) is 11.5 Å². The maximum atomic E-state index is 11.4. The summed E-state index contributed by atoms with van der Waals surface area (Å²) in [6.07, 6.45) is 6.35. The van der Waals surface area contributed by atoms with Crippen molar-refractivity contribution in [1.29, 1.82) is 0 Å². The zero-order chi connectivity index (χ0) is 14.0. The molecule has 6 heteroatoms. The molecule has 1 aliphatic heterocycles. The van der Waals surface area contributed by atoms with Gasteiger partial charge >= 0.3 is 0 Å². The quantitative estimate of drug-likeness (QED) is 0.853. The average Bonchev–Trinajstić information content (AvgIpc) is 2.91. The first-order chi connectivity index (χ1) is 9.62. The van der Waals surface area contributed by atoms with Gasteiger partial charge in [-0.1, -0.05) is 24.4 Å². The van der Waals surface area contributed by atoms with Gasteiger partial charge in [0.2, 0.25) is 0 Å². The SMILES string of the molecule is O=S1(=O)CCN(Cc2cc(C3CCCCC3)no2)CC1. The molecule has 2 fully saturated rings. The van der Waals surface area contributed by atoms with Gasteiger partial charge in [0.25, 0.3) is 0 Å². The second-order valence-corrected chi connectivity index (χ2v) is 8.28. The Bertz CT molecular complexity index is 533. The van der Waals surface area contributed by atoms with Gasteiger partial charge in [0.05, 0.1) is 23.7 Å². The summed E-state index contributed by atoms with van der Waals surface area (Å²) in [7, 11) is -2.81. The third-order valence-electron chi connectivity index (χ3n) is 4.42. The van der Waals surface area contributed by atoms with Crippen LogP contribution in [0, 0.1) is 0 Å². The number of hydrogen-bond donors (Lipinski definition) is 0. The minimum atomic E-state index is -2.81. The average molecular weight is 298 g/mol. The predicted octanol–water partition coefficient (Wildman–Crippen LogP) is 1.95. The minimum absolute atomic E-state index is 0.261. The van der Waals surface area contributed by atoms with Gasteiger partial charge in [0.15, 0.2) is 15.6 Å². The van der Waals surface area contributed by atoms with Crippen LogP contribution in [0.4, 0.5) is 0 Å². The van der Waals surface area contributed by atoms with E-state index >= 15 is 0 Å². The van der Waals surface area contributed by atoms with Crippen molar-refractivity contribution in [1.82, 2.24) is 10.1 Å². The number of aromatic nitrogens is 1. The van der Waals surface area contributed by atoms with Crippen LogP contribution in [-0.4, -0.2) is 43.1 Å². The first-order valence-electron chi connectivity index (χ1n) is 7.51. The Kier molecular flexibility index (Phi) is 4.12. The fraction of sp³-hybridized carbons (Fsp3) is 0.786. The highest BCUT2D eigenvalue weighted by Crippen LogP contribution is 2.32. The molecule has 0 unspecified atom stereocenters. The van der Waals surface area contributed by atoms with Crippen LogP contribution in [0.15, 0.2) is 10.6 Å². The fourth-order valence-corrected chi connectivity index (χ4v) is 4.40. The normalized spacial score (nSPS) is 24.8. The lowest BCUT2D eigenvalue weighted by Crippen LogP contribution is -2.39. The summed E-state index contributed by atoms with van der Waals surface area (Å²) >= 11 is 0. The van der Waals surface area contributed by atoms with Crippen LogP contribution in [0.2, 0.25) is 0 Å². The molecule has 1 saturated heterocycles. The predicted molar refractivity (Wildman–Crippen MR) is 76.3 cm³/mol. The van der Waals surface area contributed by atoms with Crippen molar-refractivity contribution in [2.24, 2.45) is 0 Å². The summed E-state index contributed by atoms with van der Waals surface area (Å²) in [5.74, 6) is 1.95. The molecule has 112 valence electrons. The first kappa shape index (κ1) is 14.1. The molecule has 1 aliphatic carbocycles. The standard InChI is InChI=1S/C14H22N2O3S/c17-20(18)8-6-16(7-9-20)11-13-10-14(15-19-13)12-4-2-1-3-5-12/h10,12H,1-9,11H2. The molecule has 0 aromatic carbocycles. The Labute approximate surface area is 120 Å². The number of nitrogens with zero attached hydrogens (tertiary/aromatic N) is 2. The van der Waals surface area contributed by atoms with E-state index in [4.69, 9.17) is 4.52 Å². The van der Waals surface area contributed by atoms with E-state index in [2.05, 4.69) is 16.1 Å². The highest BCUT2D eigenvalue weighted by atomic mass is 32.2. The molecule has 0 radical (unpaired) electrons. The molecule has 1 saturated carbocycles. The molecular weight excluding hydrogens is 276 g/mol. The Morgan fingerprint density at radius 2 is 1.90 bits per heavy atom. The maximum Gasteiger partial charge on any atom is 0.152 e. The summed E-state index contributed by atoms with van der Waals surface area (Å²) in [6, 6.07) is 2.07. The second kappa shape index (κ2) is 5.85. The summed E-state index contributed by atoms with van der Waals surface area (Å²) in [4.78, 5) is 2.13. The zero-order valence-corrected chi connectivity index (χ0v) is 12.6. The van der Waals surface area contributed by atoms with E-state index in [-0.39, 0.29) is 11.5 Å². The van der Waals surface area contributed by atoms with Gasteiger partial charge in [-0.2, -0.15) is 0 Å². The second-order valence-electron chi connectivity index (χ2n) is 5.98. The van der Waals surface area contributed by atoms with Gasteiger partial charge in [0.1, 0.15) is 0 Å². The maximum absolute atomic E-state index is 11.4. The van der Waals surface area contributed by atoms with E-state index in [1.165, 1.54) is 32.1 Å². The summed E-state index contributed by atoms with van der Waals surface area (Å²) < 4.78 is 28.2. The van der Waals surface area contributed by atoms with Crippen LogP contribution in [0.25, 0.3) is 0 Å². The molecule has 2 aliphatic rings. The van der Waals surface area contributed by atoms with Crippen LogP contribution in [-0.2, 0) is 16.4 Å². The summed E-state index contributed by atoms with van der Waals surface area (Å²) in [5.41, 5.74) is 1.09. The lowest BCUT2D eigenvalue weighted by Gasteiger charge is -2.25. The van der Waals surface area contributed by atoms with Gasteiger partial charge in [0, 0.05) is 25.1 Å². The monoisotopic (exact) mass is 298 g/mol. The zero-order valence-electron chi connectivity index (χ0n) is 11.8.